The summed E-state index contributed by atoms with van der Waals surface area (Å²) in [7, 11) is 0. The number of aromatic nitrogens is 2. The Morgan fingerprint density at radius 1 is 0.739 bits per heavy atom. The molecule has 0 spiro atoms. The van der Waals surface area contributed by atoms with E-state index in [0.29, 0.717) is 21.6 Å². The summed E-state index contributed by atoms with van der Waals surface area (Å²) < 4.78 is 0. The van der Waals surface area contributed by atoms with Crippen LogP contribution in [0.2, 0.25) is 15.3 Å². The topological polar surface area (TPSA) is 63.8 Å². The van der Waals surface area contributed by atoms with Crippen LogP contribution in [0.1, 0.15) is 0 Å². The van der Waals surface area contributed by atoms with Gasteiger partial charge in [0.05, 0.1) is 11.3 Å². The summed E-state index contributed by atoms with van der Waals surface area (Å²) in [4.78, 5) is 8.52. The highest BCUT2D eigenvalue weighted by Gasteiger charge is 2.17. The smallest absolute Gasteiger partial charge is 0.224 e. The van der Waals surface area contributed by atoms with Crippen LogP contribution >= 0.6 is 34.8 Å². The Labute approximate surface area is 148 Å². The molecule has 0 atom stereocenters. The number of rotatable bonds is 3. The molecule has 0 aliphatic rings. The van der Waals surface area contributed by atoms with Gasteiger partial charge >= 0.3 is 0 Å². The molecule has 0 saturated heterocycles. The van der Waals surface area contributed by atoms with Gasteiger partial charge in [-0.05, 0) is 41.4 Å². The number of nitrogens with two attached hydrogens (primary N) is 1. The van der Waals surface area contributed by atoms with Crippen molar-refractivity contribution >= 4 is 40.6 Å². The van der Waals surface area contributed by atoms with Crippen molar-refractivity contribution in [2.75, 3.05) is 5.43 Å². The molecule has 0 saturated carbocycles. The Hall–Kier alpha value is -1.85. The van der Waals surface area contributed by atoms with Gasteiger partial charge in [0.25, 0.3) is 0 Å². The number of benzene rings is 2. The number of hydrogen-bond donors (Lipinski definition) is 2. The molecule has 0 aliphatic heterocycles. The molecule has 0 aliphatic carbocycles. The highest BCUT2D eigenvalue weighted by molar-refractivity contribution is 6.31. The third-order valence-electron chi connectivity index (χ3n) is 3.27. The van der Waals surface area contributed by atoms with Crippen LogP contribution in [0.15, 0.2) is 48.5 Å². The lowest BCUT2D eigenvalue weighted by molar-refractivity contribution is 1.14. The fourth-order valence-electron chi connectivity index (χ4n) is 2.24. The van der Waals surface area contributed by atoms with E-state index in [0.717, 1.165) is 16.7 Å². The van der Waals surface area contributed by atoms with Gasteiger partial charge < -0.3 is 5.43 Å². The maximum absolute atomic E-state index is 6.03. The highest BCUT2D eigenvalue weighted by atomic mass is 35.5. The van der Waals surface area contributed by atoms with Crippen LogP contribution in [0.3, 0.4) is 0 Å². The second-order valence-corrected chi connectivity index (χ2v) is 5.93. The van der Waals surface area contributed by atoms with Crippen LogP contribution in [-0.2, 0) is 0 Å². The molecule has 0 radical (unpaired) electrons. The van der Waals surface area contributed by atoms with Crippen molar-refractivity contribution in [2.24, 2.45) is 5.84 Å². The molecular weight excluding hydrogens is 355 g/mol. The lowest BCUT2D eigenvalue weighted by Gasteiger charge is -2.14. The molecule has 3 N–H and O–H groups in total. The Bertz CT molecular complexity index is 833. The molecule has 7 heteroatoms. The molecule has 1 heterocycles. The molecule has 0 unspecified atom stereocenters. The Kier molecular flexibility index (Phi) is 4.68. The molecular formula is C16H11Cl3N4. The minimum atomic E-state index is 0.0978. The molecule has 3 rings (SSSR count). The SMILES string of the molecule is NNc1nc(Cl)nc(-c2ccc(Cl)cc2)c1-c1ccc(Cl)cc1. The normalized spacial score (nSPS) is 10.6. The Morgan fingerprint density at radius 3 is 1.78 bits per heavy atom. The maximum atomic E-state index is 6.03. The van der Waals surface area contributed by atoms with E-state index in [-0.39, 0.29) is 5.28 Å². The lowest BCUT2D eigenvalue weighted by atomic mass is 10.00. The number of nitrogen functional groups attached to an aromatic ring is 1. The fourth-order valence-corrected chi connectivity index (χ4v) is 2.67. The summed E-state index contributed by atoms with van der Waals surface area (Å²) >= 11 is 18.0. The van der Waals surface area contributed by atoms with Gasteiger partial charge in [-0.3, -0.25) is 0 Å². The zero-order valence-corrected chi connectivity index (χ0v) is 14.0. The predicted molar refractivity (Wildman–Crippen MR) is 95.7 cm³/mol. The van der Waals surface area contributed by atoms with Gasteiger partial charge in [0.15, 0.2) is 5.82 Å². The third-order valence-corrected chi connectivity index (χ3v) is 3.94. The molecule has 3 aromatic rings. The summed E-state index contributed by atoms with van der Waals surface area (Å²) in [6, 6.07) is 14.6. The number of hydrazine groups is 1. The molecule has 116 valence electrons. The van der Waals surface area contributed by atoms with Gasteiger partial charge in [-0.2, -0.15) is 4.98 Å². The standard InChI is InChI=1S/C16H11Cl3N4/c17-11-5-1-9(2-6-11)13-14(10-3-7-12(18)8-4-10)21-16(19)22-15(13)23-20/h1-8H,20H2,(H,21,22,23). The third kappa shape index (κ3) is 3.41. The van der Waals surface area contributed by atoms with Crippen molar-refractivity contribution in [1.82, 2.24) is 9.97 Å². The van der Waals surface area contributed by atoms with Crippen LogP contribution in [0.5, 0.6) is 0 Å². The first-order valence-electron chi connectivity index (χ1n) is 6.64. The summed E-state index contributed by atoms with van der Waals surface area (Å²) in [6.07, 6.45) is 0. The van der Waals surface area contributed by atoms with E-state index in [9.17, 15) is 0 Å². The summed E-state index contributed by atoms with van der Waals surface area (Å²) in [5, 5.41) is 1.37. The second-order valence-electron chi connectivity index (χ2n) is 4.72. The average Bonchev–Trinajstić information content (AvgIpc) is 2.56. The van der Waals surface area contributed by atoms with E-state index in [4.69, 9.17) is 40.6 Å². The van der Waals surface area contributed by atoms with Crippen LogP contribution in [-0.4, -0.2) is 9.97 Å². The fraction of sp³-hybridized carbons (Fsp3) is 0. The maximum Gasteiger partial charge on any atom is 0.224 e. The minimum Gasteiger partial charge on any atom is -0.308 e. The van der Waals surface area contributed by atoms with E-state index < -0.39 is 0 Å². The van der Waals surface area contributed by atoms with E-state index >= 15 is 0 Å². The van der Waals surface area contributed by atoms with Crippen molar-refractivity contribution in [2.45, 2.75) is 0 Å². The second kappa shape index (κ2) is 6.72. The van der Waals surface area contributed by atoms with Gasteiger partial charge in [0, 0.05) is 15.6 Å². The van der Waals surface area contributed by atoms with Crippen molar-refractivity contribution in [3.63, 3.8) is 0 Å². The molecule has 0 amide bonds. The first-order valence-corrected chi connectivity index (χ1v) is 7.78. The van der Waals surface area contributed by atoms with Crippen LogP contribution < -0.4 is 11.3 Å². The largest absolute Gasteiger partial charge is 0.308 e. The van der Waals surface area contributed by atoms with Gasteiger partial charge in [0.1, 0.15) is 0 Å². The Morgan fingerprint density at radius 2 is 1.26 bits per heavy atom. The van der Waals surface area contributed by atoms with Crippen molar-refractivity contribution < 1.29 is 0 Å². The summed E-state index contributed by atoms with van der Waals surface area (Å²) in [5.74, 6) is 6.04. The number of nitrogens with one attached hydrogen (secondary N) is 1. The van der Waals surface area contributed by atoms with Gasteiger partial charge in [-0.1, -0.05) is 47.5 Å². The Balaban J connectivity index is 2.27. The molecule has 1 aromatic heterocycles. The first kappa shape index (κ1) is 16.0. The molecule has 2 aromatic carbocycles. The van der Waals surface area contributed by atoms with E-state index in [1.165, 1.54) is 0 Å². The molecule has 4 nitrogen and oxygen atoms in total. The number of hydrogen-bond acceptors (Lipinski definition) is 4. The number of anilines is 1. The zero-order chi connectivity index (χ0) is 16.4. The highest BCUT2D eigenvalue weighted by Crippen LogP contribution is 2.36. The van der Waals surface area contributed by atoms with Gasteiger partial charge in [-0.25, -0.2) is 10.8 Å². The number of halogens is 3. The molecule has 0 fully saturated rings. The lowest BCUT2D eigenvalue weighted by Crippen LogP contribution is -2.11. The average molecular weight is 366 g/mol. The zero-order valence-electron chi connectivity index (χ0n) is 11.7. The van der Waals surface area contributed by atoms with Crippen LogP contribution in [0.4, 0.5) is 5.82 Å². The quantitative estimate of drug-likeness (QED) is 0.387. The first-order chi connectivity index (χ1) is 11.1. The van der Waals surface area contributed by atoms with Crippen molar-refractivity contribution in [3.8, 4) is 22.4 Å². The summed E-state index contributed by atoms with van der Waals surface area (Å²) in [6.45, 7) is 0. The monoisotopic (exact) mass is 364 g/mol. The predicted octanol–water partition coefficient (Wildman–Crippen LogP) is 5.06. The van der Waals surface area contributed by atoms with Crippen molar-refractivity contribution in [3.05, 3.63) is 63.9 Å². The van der Waals surface area contributed by atoms with Gasteiger partial charge in [0.2, 0.25) is 5.28 Å². The minimum absolute atomic E-state index is 0.0978. The van der Waals surface area contributed by atoms with Gasteiger partial charge in [-0.15, -0.1) is 0 Å². The van der Waals surface area contributed by atoms with E-state index in [1.807, 2.05) is 24.3 Å². The van der Waals surface area contributed by atoms with Crippen molar-refractivity contribution in [1.29, 1.82) is 0 Å². The van der Waals surface area contributed by atoms with E-state index in [1.54, 1.807) is 24.3 Å². The molecule has 0 bridgehead atoms. The van der Waals surface area contributed by atoms with Crippen LogP contribution in [0, 0.1) is 0 Å². The van der Waals surface area contributed by atoms with Crippen LogP contribution in [0.25, 0.3) is 22.4 Å². The summed E-state index contributed by atoms with van der Waals surface area (Å²) in [5.41, 5.74) is 5.67. The molecule has 23 heavy (non-hydrogen) atoms. The van der Waals surface area contributed by atoms with E-state index in [2.05, 4.69) is 15.4 Å². The number of nitrogens with zero attached hydrogens (tertiary/aromatic N) is 2.